The Balaban J connectivity index is 1.51. The molecule has 0 unspecified atom stereocenters. The van der Waals surface area contributed by atoms with Crippen LogP contribution >= 0.6 is 0 Å². The van der Waals surface area contributed by atoms with Gasteiger partial charge in [-0.2, -0.15) is 5.10 Å². The Morgan fingerprint density at radius 2 is 2.00 bits per heavy atom. The first-order valence-electron chi connectivity index (χ1n) is 8.37. The summed E-state index contributed by atoms with van der Waals surface area (Å²) < 4.78 is 18.6. The first-order valence-corrected chi connectivity index (χ1v) is 8.37. The summed E-state index contributed by atoms with van der Waals surface area (Å²) in [6.45, 7) is 2.74. The van der Waals surface area contributed by atoms with Crippen LogP contribution in [0, 0.1) is 5.82 Å². The molecule has 3 aromatic rings. The standard InChI is InChI=1S/C20H20FN3O2/c1-14(15-6-3-2-4-7-15)12-22-20(25)19-11-17(23-24-19)13-26-18-9-5-8-16(21)10-18/h2-11,14H,12-13H2,1H3,(H,22,25)(H,23,24)/t14-/m1/s1. The Bertz CT molecular complexity index is 864. The van der Waals surface area contributed by atoms with E-state index in [1.165, 1.54) is 17.7 Å². The largest absolute Gasteiger partial charge is 0.487 e. The van der Waals surface area contributed by atoms with Crippen molar-refractivity contribution >= 4 is 5.91 Å². The van der Waals surface area contributed by atoms with Crippen LogP contribution in [0.5, 0.6) is 5.75 Å². The number of H-pyrrole nitrogens is 1. The number of hydrogen-bond donors (Lipinski definition) is 2. The third-order valence-electron chi connectivity index (χ3n) is 3.99. The summed E-state index contributed by atoms with van der Waals surface area (Å²) in [5.41, 5.74) is 2.10. The molecule has 1 aromatic heterocycles. The zero-order valence-corrected chi connectivity index (χ0v) is 14.4. The SMILES string of the molecule is C[C@H](CNC(=O)c1cc(COc2cccc(F)c2)[nH]n1)c1ccccc1. The second kappa shape index (κ2) is 8.29. The summed E-state index contributed by atoms with van der Waals surface area (Å²) in [4.78, 5) is 12.2. The number of nitrogens with zero attached hydrogens (tertiary/aromatic N) is 1. The van der Waals surface area contributed by atoms with Crippen LogP contribution in [0.15, 0.2) is 60.7 Å². The lowest BCUT2D eigenvalue weighted by atomic mass is 10.0. The van der Waals surface area contributed by atoms with E-state index in [1.54, 1.807) is 18.2 Å². The molecule has 0 spiro atoms. The van der Waals surface area contributed by atoms with Gasteiger partial charge in [0.15, 0.2) is 0 Å². The molecule has 1 heterocycles. The summed E-state index contributed by atoms with van der Waals surface area (Å²) in [7, 11) is 0. The Hall–Kier alpha value is -3.15. The molecule has 1 atom stereocenters. The van der Waals surface area contributed by atoms with Gasteiger partial charge in [0.2, 0.25) is 0 Å². The molecule has 2 aromatic carbocycles. The zero-order chi connectivity index (χ0) is 18.4. The van der Waals surface area contributed by atoms with Crippen molar-refractivity contribution in [1.82, 2.24) is 15.5 Å². The smallest absolute Gasteiger partial charge is 0.271 e. The van der Waals surface area contributed by atoms with E-state index in [2.05, 4.69) is 22.4 Å². The molecular weight excluding hydrogens is 333 g/mol. The van der Waals surface area contributed by atoms with Gasteiger partial charge in [-0.05, 0) is 29.7 Å². The van der Waals surface area contributed by atoms with Crippen LogP contribution in [0.25, 0.3) is 0 Å². The average molecular weight is 353 g/mol. The molecule has 2 N–H and O–H groups in total. The molecule has 0 aliphatic carbocycles. The number of ether oxygens (including phenoxy) is 1. The van der Waals surface area contributed by atoms with Crippen LogP contribution in [0.2, 0.25) is 0 Å². The topological polar surface area (TPSA) is 67.0 Å². The van der Waals surface area contributed by atoms with Crippen molar-refractivity contribution in [2.75, 3.05) is 6.54 Å². The van der Waals surface area contributed by atoms with Crippen molar-refractivity contribution in [3.8, 4) is 5.75 Å². The Labute approximate surface area is 151 Å². The quantitative estimate of drug-likeness (QED) is 0.681. The average Bonchev–Trinajstić information content (AvgIpc) is 3.14. The predicted molar refractivity (Wildman–Crippen MR) is 96.5 cm³/mol. The van der Waals surface area contributed by atoms with Crippen molar-refractivity contribution in [3.05, 3.63) is 83.4 Å². The Kier molecular flexibility index (Phi) is 5.63. The highest BCUT2D eigenvalue weighted by Gasteiger charge is 2.13. The molecule has 0 fully saturated rings. The van der Waals surface area contributed by atoms with Crippen LogP contribution in [0.3, 0.4) is 0 Å². The lowest BCUT2D eigenvalue weighted by Crippen LogP contribution is -2.27. The van der Waals surface area contributed by atoms with Crippen LogP contribution in [-0.2, 0) is 6.61 Å². The lowest BCUT2D eigenvalue weighted by molar-refractivity contribution is 0.0946. The molecular formula is C20H20FN3O2. The molecule has 6 heteroatoms. The normalized spacial score (nSPS) is 11.8. The van der Waals surface area contributed by atoms with Crippen LogP contribution in [0.1, 0.15) is 34.6 Å². The molecule has 0 aliphatic rings. The van der Waals surface area contributed by atoms with E-state index >= 15 is 0 Å². The minimum absolute atomic E-state index is 0.171. The third kappa shape index (κ3) is 4.69. The molecule has 0 radical (unpaired) electrons. The summed E-state index contributed by atoms with van der Waals surface area (Å²) >= 11 is 0. The maximum Gasteiger partial charge on any atom is 0.271 e. The van der Waals surface area contributed by atoms with Crippen LogP contribution in [-0.4, -0.2) is 22.6 Å². The number of halogens is 1. The number of aromatic nitrogens is 2. The number of amides is 1. The second-order valence-corrected chi connectivity index (χ2v) is 6.05. The summed E-state index contributed by atoms with van der Waals surface area (Å²) in [6.07, 6.45) is 0. The molecule has 0 saturated heterocycles. The highest BCUT2D eigenvalue weighted by atomic mass is 19.1. The monoisotopic (exact) mass is 353 g/mol. The molecule has 5 nitrogen and oxygen atoms in total. The van der Waals surface area contributed by atoms with E-state index < -0.39 is 0 Å². The maximum absolute atomic E-state index is 13.1. The molecule has 134 valence electrons. The van der Waals surface area contributed by atoms with Gasteiger partial charge in [0.1, 0.15) is 23.9 Å². The van der Waals surface area contributed by atoms with Gasteiger partial charge in [-0.25, -0.2) is 4.39 Å². The fourth-order valence-electron chi connectivity index (χ4n) is 2.51. The number of carbonyl (C=O) groups excluding carboxylic acids is 1. The molecule has 0 aliphatic heterocycles. The van der Waals surface area contributed by atoms with Crippen molar-refractivity contribution in [3.63, 3.8) is 0 Å². The van der Waals surface area contributed by atoms with E-state index in [1.807, 2.05) is 30.3 Å². The maximum atomic E-state index is 13.1. The summed E-state index contributed by atoms with van der Waals surface area (Å²) in [5.74, 6) is 0.0120. The van der Waals surface area contributed by atoms with Gasteiger partial charge in [-0.15, -0.1) is 0 Å². The van der Waals surface area contributed by atoms with E-state index in [0.29, 0.717) is 23.7 Å². The van der Waals surface area contributed by atoms with Crippen molar-refractivity contribution in [1.29, 1.82) is 0 Å². The molecule has 1 amide bonds. The number of benzene rings is 2. The number of hydrogen-bond acceptors (Lipinski definition) is 3. The first kappa shape index (κ1) is 17.7. The minimum Gasteiger partial charge on any atom is -0.487 e. The van der Waals surface area contributed by atoms with Crippen LogP contribution in [0.4, 0.5) is 4.39 Å². The van der Waals surface area contributed by atoms with Crippen LogP contribution < -0.4 is 10.1 Å². The van der Waals surface area contributed by atoms with Gasteiger partial charge >= 0.3 is 0 Å². The zero-order valence-electron chi connectivity index (χ0n) is 14.4. The first-order chi connectivity index (χ1) is 12.6. The van der Waals surface area contributed by atoms with Gasteiger partial charge in [0.25, 0.3) is 5.91 Å². The molecule has 0 bridgehead atoms. The van der Waals surface area contributed by atoms with Gasteiger partial charge < -0.3 is 10.1 Å². The minimum atomic E-state index is -0.361. The molecule has 26 heavy (non-hydrogen) atoms. The van der Waals surface area contributed by atoms with E-state index in [9.17, 15) is 9.18 Å². The number of aromatic amines is 1. The predicted octanol–water partition coefficient (Wildman–Crippen LogP) is 3.66. The van der Waals surface area contributed by atoms with Gasteiger partial charge in [-0.3, -0.25) is 9.89 Å². The number of carbonyl (C=O) groups is 1. The van der Waals surface area contributed by atoms with Gasteiger partial charge in [-0.1, -0.05) is 43.3 Å². The van der Waals surface area contributed by atoms with Crippen molar-refractivity contribution < 1.29 is 13.9 Å². The number of rotatable bonds is 7. The number of nitrogens with one attached hydrogen (secondary N) is 2. The van der Waals surface area contributed by atoms with Gasteiger partial charge in [0.05, 0.1) is 5.69 Å². The van der Waals surface area contributed by atoms with Gasteiger partial charge in [0, 0.05) is 12.6 Å². The fraction of sp³-hybridized carbons (Fsp3) is 0.200. The summed E-state index contributed by atoms with van der Waals surface area (Å²) in [5, 5.41) is 9.65. The Morgan fingerprint density at radius 1 is 1.19 bits per heavy atom. The fourth-order valence-corrected chi connectivity index (χ4v) is 2.51. The second-order valence-electron chi connectivity index (χ2n) is 6.05. The Morgan fingerprint density at radius 3 is 2.77 bits per heavy atom. The van der Waals surface area contributed by atoms with E-state index in [0.717, 1.165) is 0 Å². The van der Waals surface area contributed by atoms with E-state index in [4.69, 9.17) is 4.74 Å². The highest BCUT2D eigenvalue weighted by Crippen LogP contribution is 2.15. The third-order valence-corrected chi connectivity index (χ3v) is 3.99. The summed E-state index contributed by atoms with van der Waals surface area (Å²) in [6, 6.07) is 17.5. The molecule has 0 saturated carbocycles. The van der Waals surface area contributed by atoms with E-state index in [-0.39, 0.29) is 24.2 Å². The van der Waals surface area contributed by atoms with Crippen molar-refractivity contribution in [2.24, 2.45) is 0 Å². The lowest BCUT2D eigenvalue weighted by Gasteiger charge is -2.12. The van der Waals surface area contributed by atoms with Crippen molar-refractivity contribution in [2.45, 2.75) is 19.4 Å². The molecule has 3 rings (SSSR count). The highest BCUT2D eigenvalue weighted by molar-refractivity contribution is 5.92.